The van der Waals surface area contributed by atoms with Crippen LogP contribution < -0.4 is 5.32 Å². The standard InChI is InChI=1S/C15H22N2O2S/c1-11-8-15(14(18)19-2,10-17(11)12-5-6-12)16-9-13-4-3-7-20-13/h3-4,7,11-12,16H,5-6,8-10H2,1-2H3. The number of carbonyl (C=O) groups excluding carboxylic acids is 1. The first kappa shape index (κ1) is 14.0. The minimum Gasteiger partial charge on any atom is -0.468 e. The average molecular weight is 294 g/mol. The molecule has 1 saturated heterocycles. The molecule has 2 unspecified atom stereocenters. The monoisotopic (exact) mass is 294 g/mol. The molecule has 2 aliphatic rings. The summed E-state index contributed by atoms with van der Waals surface area (Å²) in [5.74, 6) is -0.121. The molecule has 2 fully saturated rings. The number of thiophene rings is 1. The number of ether oxygens (including phenoxy) is 1. The molecule has 0 spiro atoms. The van der Waals surface area contributed by atoms with E-state index in [2.05, 4.69) is 28.6 Å². The van der Waals surface area contributed by atoms with Crippen molar-refractivity contribution in [3.05, 3.63) is 22.4 Å². The molecule has 1 aliphatic heterocycles. The predicted octanol–water partition coefficient (Wildman–Crippen LogP) is 2.01. The van der Waals surface area contributed by atoms with E-state index in [1.165, 1.54) is 24.8 Å². The molecule has 5 heteroatoms. The highest BCUT2D eigenvalue weighted by Crippen LogP contribution is 2.38. The van der Waals surface area contributed by atoms with Crippen LogP contribution in [0.25, 0.3) is 0 Å². The van der Waals surface area contributed by atoms with Gasteiger partial charge >= 0.3 is 5.97 Å². The van der Waals surface area contributed by atoms with Crippen molar-refractivity contribution in [3.8, 4) is 0 Å². The Hall–Kier alpha value is -0.910. The number of nitrogens with one attached hydrogen (secondary N) is 1. The molecule has 20 heavy (non-hydrogen) atoms. The summed E-state index contributed by atoms with van der Waals surface area (Å²) < 4.78 is 5.08. The molecule has 0 amide bonds. The lowest BCUT2D eigenvalue weighted by Gasteiger charge is -2.27. The number of esters is 1. The molecular formula is C15H22N2O2S. The van der Waals surface area contributed by atoms with Crippen molar-refractivity contribution in [2.45, 2.75) is 50.4 Å². The van der Waals surface area contributed by atoms with Gasteiger partial charge in [0.25, 0.3) is 0 Å². The predicted molar refractivity (Wildman–Crippen MR) is 79.7 cm³/mol. The summed E-state index contributed by atoms with van der Waals surface area (Å²) in [5.41, 5.74) is -0.541. The van der Waals surface area contributed by atoms with Gasteiger partial charge in [-0.3, -0.25) is 15.0 Å². The van der Waals surface area contributed by atoms with Gasteiger partial charge < -0.3 is 4.74 Å². The fraction of sp³-hybridized carbons (Fsp3) is 0.667. The zero-order valence-electron chi connectivity index (χ0n) is 12.1. The van der Waals surface area contributed by atoms with E-state index in [-0.39, 0.29) is 5.97 Å². The van der Waals surface area contributed by atoms with E-state index in [0.29, 0.717) is 12.1 Å². The molecule has 0 aromatic carbocycles. The summed E-state index contributed by atoms with van der Waals surface area (Å²) in [4.78, 5) is 16.0. The Balaban J connectivity index is 1.73. The van der Waals surface area contributed by atoms with Gasteiger partial charge in [-0.05, 0) is 37.6 Å². The molecule has 1 aromatic heterocycles. The van der Waals surface area contributed by atoms with Gasteiger partial charge in [0.2, 0.25) is 0 Å². The summed E-state index contributed by atoms with van der Waals surface area (Å²) in [6.45, 7) is 3.73. The van der Waals surface area contributed by atoms with Crippen molar-refractivity contribution in [1.82, 2.24) is 10.2 Å². The minimum atomic E-state index is -0.541. The molecule has 4 nitrogen and oxygen atoms in total. The van der Waals surface area contributed by atoms with Crippen LogP contribution in [0.15, 0.2) is 17.5 Å². The lowest BCUT2D eigenvalue weighted by Crippen LogP contribution is -2.54. The lowest BCUT2D eigenvalue weighted by atomic mass is 9.96. The molecule has 0 radical (unpaired) electrons. The van der Waals surface area contributed by atoms with Crippen molar-refractivity contribution in [1.29, 1.82) is 0 Å². The van der Waals surface area contributed by atoms with Gasteiger partial charge in [0.15, 0.2) is 0 Å². The van der Waals surface area contributed by atoms with Gasteiger partial charge in [-0.15, -0.1) is 11.3 Å². The van der Waals surface area contributed by atoms with E-state index in [0.717, 1.165) is 19.5 Å². The topological polar surface area (TPSA) is 41.6 Å². The van der Waals surface area contributed by atoms with Crippen molar-refractivity contribution in [2.75, 3.05) is 13.7 Å². The van der Waals surface area contributed by atoms with E-state index in [1.807, 2.05) is 6.07 Å². The number of hydrogen-bond acceptors (Lipinski definition) is 5. The highest BCUT2D eigenvalue weighted by molar-refractivity contribution is 7.09. The van der Waals surface area contributed by atoms with Gasteiger partial charge in [0, 0.05) is 30.1 Å². The number of methoxy groups -OCH3 is 1. The molecular weight excluding hydrogens is 272 g/mol. The van der Waals surface area contributed by atoms with Crippen LogP contribution >= 0.6 is 11.3 Å². The number of rotatable bonds is 5. The van der Waals surface area contributed by atoms with E-state index in [1.54, 1.807) is 11.3 Å². The maximum atomic E-state index is 12.3. The molecule has 110 valence electrons. The maximum absolute atomic E-state index is 12.3. The zero-order valence-corrected chi connectivity index (χ0v) is 12.9. The third kappa shape index (κ3) is 2.62. The Kier molecular flexibility index (Phi) is 3.84. The molecule has 2 atom stereocenters. The highest BCUT2D eigenvalue weighted by atomic mass is 32.1. The minimum absolute atomic E-state index is 0.121. The fourth-order valence-electron chi connectivity index (χ4n) is 3.26. The molecule has 1 N–H and O–H groups in total. The Labute approximate surface area is 124 Å². The van der Waals surface area contributed by atoms with Crippen LogP contribution in [0.2, 0.25) is 0 Å². The van der Waals surface area contributed by atoms with E-state index >= 15 is 0 Å². The van der Waals surface area contributed by atoms with Crippen LogP contribution in [0.4, 0.5) is 0 Å². The van der Waals surface area contributed by atoms with Crippen molar-refractivity contribution in [3.63, 3.8) is 0 Å². The number of carbonyl (C=O) groups is 1. The summed E-state index contributed by atoms with van der Waals surface area (Å²) >= 11 is 1.72. The van der Waals surface area contributed by atoms with Crippen LogP contribution in [0, 0.1) is 0 Å². The number of likely N-dealkylation sites (tertiary alicyclic amines) is 1. The second-order valence-electron chi connectivity index (χ2n) is 5.96. The van der Waals surface area contributed by atoms with Gasteiger partial charge in [0.1, 0.15) is 5.54 Å². The quantitative estimate of drug-likeness (QED) is 0.844. The lowest BCUT2D eigenvalue weighted by molar-refractivity contribution is -0.148. The highest BCUT2D eigenvalue weighted by Gasteiger charge is 2.51. The average Bonchev–Trinajstić information content (AvgIpc) is 3.04. The molecule has 0 bridgehead atoms. The zero-order chi connectivity index (χ0) is 14.2. The Morgan fingerprint density at radius 3 is 3.00 bits per heavy atom. The first-order valence-corrected chi connectivity index (χ1v) is 8.14. The van der Waals surface area contributed by atoms with Gasteiger partial charge in [-0.2, -0.15) is 0 Å². The largest absolute Gasteiger partial charge is 0.468 e. The van der Waals surface area contributed by atoms with E-state index < -0.39 is 5.54 Å². The Bertz CT molecular complexity index is 472. The van der Waals surface area contributed by atoms with Crippen molar-refractivity contribution in [2.24, 2.45) is 0 Å². The summed E-state index contributed by atoms with van der Waals surface area (Å²) in [5, 5.41) is 5.55. The third-order valence-corrected chi connectivity index (χ3v) is 5.31. The van der Waals surface area contributed by atoms with Gasteiger partial charge in [0.05, 0.1) is 7.11 Å². The fourth-order valence-corrected chi connectivity index (χ4v) is 3.91. The van der Waals surface area contributed by atoms with Crippen LogP contribution in [-0.2, 0) is 16.1 Å². The molecule has 3 rings (SSSR count). The van der Waals surface area contributed by atoms with Crippen LogP contribution in [-0.4, -0.2) is 42.1 Å². The SMILES string of the molecule is COC(=O)C1(NCc2cccs2)CC(C)N(C2CC2)C1. The second kappa shape index (κ2) is 5.47. The van der Waals surface area contributed by atoms with Gasteiger partial charge in [-0.25, -0.2) is 0 Å². The molecule has 1 aliphatic carbocycles. The first-order valence-electron chi connectivity index (χ1n) is 7.26. The van der Waals surface area contributed by atoms with E-state index in [9.17, 15) is 4.79 Å². The third-order valence-electron chi connectivity index (χ3n) is 4.44. The second-order valence-corrected chi connectivity index (χ2v) is 7.00. The summed E-state index contributed by atoms with van der Waals surface area (Å²) in [7, 11) is 1.49. The number of hydrogen-bond donors (Lipinski definition) is 1. The molecule has 1 aromatic rings. The maximum Gasteiger partial charge on any atom is 0.327 e. The first-order chi connectivity index (χ1) is 9.64. The van der Waals surface area contributed by atoms with Crippen LogP contribution in [0.3, 0.4) is 0 Å². The van der Waals surface area contributed by atoms with Crippen LogP contribution in [0.1, 0.15) is 31.1 Å². The normalized spacial score (nSPS) is 30.6. The summed E-state index contributed by atoms with van der Waals surface area (Å²) in [6.07, 6.45) is 3.38. The van der Waals surface area contributed by atoms with E-state index in [4.69, 9.17) is 4.74 Å². The van der Waals surface area contributed by atoms with Crippen LogP contribution in [0.5, 0.6) is 0 Å². The summed E-state index contributed by atoms with van der Waals surface area (Å²) in [6, 6.07) is 5.26. The Morgan fingerprint density at radius 2 is 2.40 bits per heavy atom. The molecule has 2 heterocycles. The Morgan fingerprint density at radius 1 is 1.60 bits per heavy atom. The van der Waals surface area contributed by atoms with Gasteiger partial charge in [-0.1, -0.05) is 6.07 Å². The van der Waals surface area contributed by atoms with Crippen molar-refractivity contribution < 1.29 is 9.53 Å². The van der Waals surface area contributed by atoms with Crippen molar-refractivity contribution >= 4 is 17.3 Å². The smallest absolute Gasteiger partial charge is 0.327 e. The number of nitrogens with zero attached hydrogens (tertiary/aromatic N) is 1. The molecule has 1 saturated carbocycles.